The molecule has 1 aliphatic rings. The summed E-state index contributed by atoms with van der Waals surface area (Å²) in [4.78, 5) is 0. The number of ether oxygens (including phenoxy) is 1. The Morgan fingerprint density at radius 2 is 2.27 bits per heavy atom. The smallest absolute Gasteiger partial charge is 0.119 e. The van der Waals surface area contributed by atoms with Gasteiger partial charge in [0, 0.05) is 41.7 Å². The van der Waals surface area contributed by atoms with E-state index in [-0.39, 0.29) is 0 Å². The van der Waals surface area contributed by atoms with Crippen molar-refractivity contribution < 1.29 is 4.74 Å². The molecule has 2 nitrogen and oxygen atoms in total. The molecule has 1 N–H and O–H groups in total. The Bertz CT molecular complexity index is 323. The van der Waals surface area contributed by atoms with Gasteiger partial charge in [-0.05, 0) is 24.1 Å². The van der Waals surface area contributed by atoms with Crippen molar-refractivity contribution >= 4 is 22.9 Å². The van der Waals surface area contributed by atoms with E-state index in [0.29, 0.717) is 12.1 Å². The van der Waals surface area contributed by atoms with Gasteiger partial charge in [0.1, 0.15) is 11.9 Å². The van der Waals surface area contributed by atoms with Gasteiger partial charge in [-0.3, -0.25) is 3.53 Å². The zero-order valence-corrected chi connectivity index (χ0v) is 11.0. The maximum Gasteiger partial charge on any atom is 0.119 e. The van der Waals surface area contributed by atoms with Crippen LogP contribution in [-0.4, -0.2) is 12.1 Å². The van der Waals surface area contributed by atoms with E-state index in [1.54, 1.807) is 0 Å². The quantitative estimate of drug-likeness (QED) is 0.681. The van der Waals surface area contributed by atoms with Gasteiger partial charge in [-0.25, -0.2) is 0 Å². The molecule has 0 spiro atoms. The summed E-state index contributed by atoms with van der Waals surface area (Å²) < 4.78 is 9.11. The van der Waals surface area contributed by atoms with Crippen LogP contribution in [0.2, 0.25) is 0 Å². The Morgan fingerprint density at radius 1 is 1.47 bits per heavy atom. The van der Waals surface area contributed by atoms with Gasteiger partial charge in [-0.15, -0.1) is 0 Å². The van der Waals surface area contributed by atoms with Gasteiger partial charge >= 0.3 is 0 Å². The van der Waals surface area contributed by atoms with E-state index in [4.69, 9.17) is 4.74 Å². The average Bonchev–Trinajstić information content (AvgIpc) is 2.23. The van der Waals surface area contributed by atoms with E-state index in [9.17, 15) is 0 Å². The van der Waals surface area contributed by atoms with Crippen LogP contribution in [0, 0.1) is 0 Å². The van der Waals surface area contributed by atoms with Crippen molar-refractivity contribution in [2.24, 2.45) is 0 Å². The molecule has 15 heavy (non-hydrogen) atoms. The van der Waals surface area contributed by atoms with Crippen LogP contribution in [0.1, 0.15) is 25.3 Å². The Balaban J connectivity index is 1.88. The fourth-order valence-corrected chi connectivity index (χ4v) is 2.29. The molecule has 0 radical (unpaired) electrons. The van der Waals surface area contributed by atoms with Crippen LogP contribution in [0.15, 0.2) is 24.3 Å². The first-order chi connectivity index (χ1) is 7.31. The summed E-state index contributed by atoms with van der Waals surface area (Å²) in [7, 11) is 0. The largest absolute Gasteiger partial charge is 0.490 e. The van der Waals surface area contributed by atoms with Crippen molar-refractivity contribution in [3.05, 3.63) is 29.8 Å². The second-order valence-electron chi connectivity index (χ2n) is 4.02. The molecular formula is C12H16INO. The highest BCUT2D eigenvalue weighted by Crippen LogP contribution is 2.26. The van der Waals surface area contributed by atoms with Gasteiger partial charge in [0.15, 0.2) is 0 Å². The Kier molecular flexibility index (Phi) is 3.86. The predicted octanol–water partition coefficient (Wildman–Crippen LogP) is 3.10. The number of halogens is 1. The van der Waals surface area contributed by atoms with Crippen molar-refractivity contribution in [3.8, 4) is 5.75 Å². The van der Waals surface area contributed by atoms with Gasteiger partial charge in [0.2, 0.25) is 0 Å². The topological polar surface area (TPSA) is 21.3 Å². The maximum atomic E-state index is 5.88. The van der Waals surface area contributed by atoms with Crippen molar-refractivity contribution in [1.82, 2.24) is 3.53 Å². The van der Waals surface area contributed by atoms with Crippen LogP contribution in [0.3, 0.4) is 0 Å². The molecule has 0 atom stereocenters. The average molecular weight is 317 g/mol. The zero-order valence-electron chi connectivity index (χ0n) is 8.87. The third-order valence-electron chi connectivity index (χ3n) is 2.86. The van der Waals surface area contributed by atoms with Crippen molar-refractivity contribution in [3.63, 3.8) is 0 Å². The first-order valence-electron chi connectivity index (χ1n) is 5.43. The van der Waals surface area contributed by atoms with E-state index in [1.165, 1.54) is 5.56 Å². The summed E-state index contributed by atoms with van der Waals surface area (Å²) in [6, 6.07) is 9.04. The highest BCUT2D eigenvalue weighted by atomic mass is 127. The first-order valence-corrected chi connectivity index (χ1v) is 6.51. The molecule has 1 aromatic carbocycles. The molecule has 0 bridgehead atoms. The normalized spacial score (nSPS) is 24.7. The van der Waals surface area contributed by atoms with Gasteiger partial charge in [-0.2, -0.15) is 0 Å². The second-order valence-corrected chi connectivity index (χ2v) is 4.64. The number of aryl methyl sites for hydroxylation is 1. The molecule has 3 heteroatoms. The molecule has 0 heterocycles. The van der Waals surface area contributed by atoms with E-state index < -0.39 is 0 Å². The molecule has 2 rings (SSSR count). The molecule has 0 aliphatic heterocycles. The van der Waals surface area contributed by atoms with E-state index in [0.717, 1.165) is 25.0 Å². The van der Waals surface area contributed by atoms with Crippen molar-refractivity contribution in [2.75, 3.05) is 0 Å². The first kappa shape index (κ1) is 11.2. The molecule has 1 saturated carbocycles. The predicted molar refractivity (Wildman–Crippen MR) is 70.4 cm³/mol. The van der Waals surface area contributed by atoms with Gasteiger partial charge < -0.3 is 4.74 Å². The Morgan fingerprint density at radius 3 is 2.93 bits per heavy atom. The van der Waals surface area contributed by atoms with Crippen LogP contribution in [0.25, 0.3) is 0 Å². The summed E-state index contributed by atoms with van der Waals surface area (Å²) in [5.74, 6) is 1.02. The SMILES string of the molecule is CCc1cccc(O[C@H]2C[C@@H](NI)C2)c1. The lowest BCUT2D eigenvalue weighted by atomic mass is 9.90. The lowest BCUT2D eigenvalue weighted by Crippen LogP contribution is -2.43. The van der Waals surface area contributed by atoms with E-state index in [2.05, 4.69) is 51.5 Å². The Labute approximate surface area is 105 Å². The van der Waals surface area contributed by atoms with Gasteiger partial charge in [0.25, 0.3) is 0 Å². The molecule has 0 aromatic heterocycles. The minimum Gasteiger partial charge on any atom is -0.490 e. The number of nitrogens with one attached hydrogen (secondary N) is 1. The monoisotopic (exact) mass is 317 g/mol. The second kappa shape index (κ2) is 5.16. The van der Waals surface area contributed by atoms with Crippen LogP contribution >= 0.6 is 22.9 Å². The number of hydrogen-bond acceptors (Lipinski definition) is 2. The third-order valence-corrected chi connectivity index (χ3v) is 3.74. The maximum absolute atomic E-state index is 5.88. The summed E-state index contributed by atoms with van der Waals surface area (Å²) in [6.45, 7) is 2.17. The minimum atomic E-state index is 0.407. The lowest BCUT2D eigenvalue weighted by molar-refractivity contribution is 0.0973. The third kappa shape index (κ3) is 2.84. The highest BCUT2D eigenvalue weighted by Gasteiger charge is 2.29. The fraction of sp³-hybridized carbons (Fsp3) is 0.500. The van der Waals surface area contributed by atoms with E-state index >= 15 is 0 Å². The summed E-state index contributed by atoms with van der Waals surface area (Å²) in [5, 5.41) is 0. The number of rotatable bonds is 4. The van der Waals surface area contributed by atoms with Gasteiger partial charge in [0.05, 0.1) is 0 Å². The lowest BCUT2D eigenvalue weighted by Gasteiger charge is -2.34. The number of benzene rings is 1. The van der Waals surface area contributed by atoms with Crippen LogP contribution < -0.4 is 8.27 Å². The summed E-state index contributed by atoms with van der Waals surface area (Å²) in [5.41, 5.74) is 1.34. The van der Waals surface area contributed by atoms with Crippen molar-refractivity contribution in [2.45, 2.75) is 38.3 Å². The Hall–Kier alpha value is -0.290. The van der Waals surface area contributed by atoms with Gasteiger partial charge in [-0.1, -0.05) is 19.1 Å². The van der Waals surface area contributed by atoms with Crippen LogP contribution in [0.5, 0.6) is 5.75 Å². The van der Waals surface area contributed by atoms with Crippen LogP contribution in [-0.2, 0) is 6.42 Å². The van der Waals surface area contributed by atoms with E-state index in [1.807, 2.05) is 6.07 Å². The molecule has 0 unspecified atom stereocenters. The molecule has 82 valence electrons. The highest BCUT2D eigenvalue weighted by molar-refractivity contribution is 14.1. The summed E-state index contributed by atoms with van der Waals surface area (Å²) >= 11 is 2.21. The fourth-order valence-electron chi connectivity index (χ4n) is 1.78. The molecule has 1 aromatic rings. The van der Waals surface area contributed by atoms with Crippen molar-refractivity contribution in [1.29, 1.82) is 0 Å². The molecule has 0 saturated heterocycles. The summed E-state index contributed by atoms with van der Waals surface area (Å²) in [6.07, 6.45) is 3.72. The standard InChI is InChI=1S/C12H16INO/c1-2-9-4-3-5-11(6-9)15-12-7-10(8-12)14-13/h3-6,10,12,14H,2,7-8H2,1H3/t10-,12+. The number of hydrogen-bond donors (Lipinski definition) is 1. The zero-order chi connectivity index (χ0) is 10.7. The molecular weight excluding hydrogens is 301 g/mol. The molecule has 1 fully saturated rings. The molecule has 0 amide bonds. The van der Waals surface area contributed by atoms with Crippen LogP contribution in [0.4, 0.5) is 0 Å². The minimum absolute atomic E-state index is 0.407. The molecule has 1 aliphatic carbocycles.